The Morgan fingerprint density at radius 2 is 1.82 bits per heavy atom. The molecular formula is C25H24N4O3S. The zero-order valence-corrected chi connectivity index (χ0v) is 19.3. The molecule has 2 amide bonds. The molecular weight excluding hydrogens is 436 g/mol. The number of carbonyl (C=O) groups excluding carboxylic acids is 2. The van der Waals surface area contributed by atoms with Gasteiger partial charge in [0.2, 0.25) is 5.91 Å². The van der Waals surface area contributed by atoms with E-state index in [1.165, 1.54) is 22.2 Å². The van der Waals surface area contributed by atoms with Gasteiger partial charge in [0.25, 0.3) is 11.5 Å². The largest absolute Gasteiger partial charge is 0.339 e. The van der Waals surface area contributed by atoms with Crippen LogP contribution in [0.25, 0.3) is 21.3 Å². The maximum absolute atomic E-state index is 13.2. The Kier molecular flexibility index (Phi) is 6.65. The SMILES string of the molecule is CCN(CC)C(=O)c1cccc(NC(=O)Cn2cnc3scc(-c4ccccc4)c3c2=O)c1. The predicted molar refractivity (Wildman–Crippen MR) is 132 cm³/mol. The van der Waals surface area contributed by atoms with Gasteiger partial charge in [-0.15, -0.1) is 11.3 Å². The quantitative estimate of drug-likeness (QED) is 0.447. The lowest BCUT2D eigenvalue weighted by Gasteiger charge is -2.19. The van der Waals surface area contributed by atoms with Crippen LogP contribution in [0.2, 0.25) is 0 Å². The molecule has 2 aromatic carbocycles. The highest BCUT2D eigenvalue weighted by molar-refractivity contribution is 7.17. The topological polar surface area (TPSA) is 84.3 Å². The zero-order chi connectivity index (χ0) is 23.4. The molecule has 2 heterocycles. The average molecular weight is 461 g/mol. The van der Waals surface area contributed by atoms with Gasteiger partial charge in [0.1, 0.15) is 11.4 Å². The van der Waals surface area contributed by atoms with E-state index in [4.69, 9.17) is 0 Å². The number of anilines is 1. The molecule has 168 valence electrons. The molecule has 7 nitrogen and oxygen atoms in total. The van der Waals surface area contributed by atoms with Gasteiger partial charge < -0.3 is 10.2 Å². The van der Waals surface area contributed by atoms with Crippen molar-refractivity contribution >= 4 is 39.1 Å². The Morgan fingerprint density at radius 1 is 1.06 bits per heavy atom. The summed E-state index contributed by atoms with van der Waals surface area (Å²) >= 11 is 1.40. The zero-order valence-electron chi connectivity index (χ0n) is 18.4. The molecule has 0 radical (unpaired) electrons. The van der Waals surface area contributed by atoms with Gasteiger partial charge in [0.05, 0.1) is 11.7 Å². The Hall–Kier alpha value is -3.78. The summed E-state index contributed by atoms with van der Waals surface area (Å²) in [5.41, 5.74) is 2.48. The van der Waals surface area contributed by atoms with E-state index in [9.17, 15) is 14.4 Å². The first kappa shape index (κ1) is 22.4. The third kappa shape index (κ3) is 4.70. The number of thiophene rings is 1. The number of aromatic nitrogens is 2. The van der Waals surface area contributed by atoms with Gasteiger partial charge in [-0.1, -0.05) is 36.4 Å². The van der Waals surface area contributed by atoms with Gasteiger partial charge >= 0.3 is 0 Å². The normalized spacial score (nSPS) is 10.8. The monoisotopic (exact) mass is 460 g/mol. The Labute approximate surface area is 195 Å². The minimum atomic E-state index is -0.373. The van der Waals surface area contributed by atoms with Crippen LogP contribution >= 0.6 is 11.3 Å². The maximum atomic E-state index is 13.2. The van der Waals surface area contributed by atoms with Crippen molar-refractivity contribution in [3.8, 4) is 11.1 Å². The summed E-state index contributed by atoms with van der Waals surface area (Å²) in [6, 6.07) is 16.5. The highest BCUT2D eigenvalue weighted by Crippen LogP contribution is 2.30. The Morgan fingerprint density at radius 3 is 2.55 bits per heavy atom. The molecule has 0 saturated heterocycles. The molecule has 8 heteroatoms. The molecule has 1 N–H and O–H groups in total. The van der Waals surface area contributed by atoms with E-state index in [1.807, 2.05) is 49.6 Å². The van der Waals surface area contributed by atoms with Crippen LogP contribution in [0.1, 0.15) is 24.2 Å². The van der Waals surface area contributed by atoms with Crippen molar-refractivity contribution in [3.05, 3.63) is 82.2 Å². The molecule has 0 saturated carbocycles. The van der Waals surface area contributed by atoms with Crippen LogP contribution in [0.4, 0.5) is 5.69 Å². The van der Waals surface area contributed by atoms with Crippen LogP contribution < -0.4 is 10.9 Å². The summed E-state index contributed by atoms with van der Waals surface area (Å²) in [5.74, 6) is -0.463. The third-order valence-electron chi connectivity index (χ3n) is 5.40. The molecule has 0 atom stereocenters. The molecule has 33 heavy (non-hydrogen) atoms. The lowest BCUT2D eigenvalue weighted by atomic mass is 10.1. The van der Waals surface area contributed by atoms with E-state index in [-0.39, 0.29) is 23.9 Å². The van der Waals surface area contributed by atoms with E-state index in [2.05, 4.69) is 10.3 Å². The second kappa shape index (κ2) is 9.79. The average Bonchev–Trinajstić information content (AvgIpc) is 3.27. The van der Waals surface area contributed by atoms with Gasteiger partial charge in [0.15, 0.2) is 0 Å². The molecule has 0 bridgehead atoms. The molecule has 4 rings (SSSR count). The highest BCUT2D eigenvalue weighted by atomic mass is 32.1. The number of hydrogen-bond donors (Lipinski definition) is 1. The molecule has 0 aliphatic heterocycles. The van der Waals surface area contributed by atoms with Crippen LogP contribution in [0.5, 0.6) is 0 Å². The van der Waals surface area contributed by atoms with Crippen molar-refractivity contribution in [3.63, 3.8) is 0 Å². The summed E-state index contributed by atoms with van der Waals surface area (Å²) in [6.45, 7) is 4.88. The van der Waals surface area contributed by atoms with Gasteiger partial charge in [-0.2, -0.15) is 0 Å². The molecule has 0 aliphatic rings. The van der Waals surface area contributed by atoms with E-state index in [0.29, 0.717) is 34.6 Å². The smallest absolute Gasteiger partial charge is 0.263 e. The van der Waals surface area contributed by atoms with Crippen LogP contribution in [0.3, 0.4) is 0 Å². The van der Waals surface area contributed by atoms with E-state index in [0.717, 1.165) is 11.1 Å². The van der Waals surface area contributed by atoms with Gasteiger partial charge in [-0.25, -0.2) is 4.98 Å². The summed E-state index contributed by atoms with van der Waals surface area (Å²) in [4.78, 5) is 45.2. The lowest BCUT2D eigenvalue weighted by Crippen LogP contribution is -2.30. The molecule has 0 fully saturated rings. The molecule has 0 unspecified atom stereocenters. The van der Waals surface area contributed by atoms with Crippen molar-refractivity contribution in [2.24, 2.45) is 0 Å². The van der Waals surface area contributed by atoms with Crippen LogP contribution in [-0.2, 0) is 11.3 Å². The maximum Gasteiger partial charge on any atom is 0.263 e. The Bertz CT molecular complexity index is 1360. The molecule has 4 aromatic rings. The number of fused-ring (bicyclic) bond motifs is 1. The number of benzene rings is 2. The van der Waals surface area contributed by atoms with Crippen molar-refractivity contribution < 1.29 is 9.59 Å². The first-order valence-corrected chi connectivity index (χ1v) is 11.6. The summed E-state index contributed by atoms with van der Waals surface area (Å²) in [5, 5.41) is 5.20. The standard InChI is InChI=1S/C25H24N4O3S/c1-3-28(4-2)24(31)18-11-8-12-19(13-18)27-21(30)14-29-16-26-23-22(25(29)32)20(15-33-23)17-9-6-5-7-10-17/h5-13,15-16H,3-4,14H2,1-2H3,(H,27,30). The second-order valence-corrected chi connectivity index (χ2v) is 8.34. The van der Waals surface area contributed by atoms with Gasteiger partial charge in [0, 0.05) is 35.3 Å². The van der Waals surface area contributed by atoms with Crippen LogP contribution in [0, 0.1) is 0 Å². The third-order valence-corrected chi connectivity index (χ3v) is 6.29. The predicted octanol–water partition coefficient (Wildman–Crippen LogP) is 4.25. The fourth-order valence-electron chi connectivity index (χ4n) is 3.69. The summed E-state index contributed by atoms with van der Waals surface area (Å²) in [6.07, 6.45) is 1.40. The molecule has 2 aromatic heterocycles. The number of nitrogens with one attached hydrogen (secondary N) is 1. The van der Waals surface area contributed by atoms with E-state index in [1.54, 1.807) is 29.2 Å². The second-order valence-electron chi connectivity index (χ2n) is 7.48. The first-order chi connectivity index (χ1) is 16.0. The number of amides is 2. The molecule has 0 aliphatic carbocycles. The molecule has 0 spiro atoms. The fourth-order valence-corrected chi connectivity index (χ4v) is 4.60. The minimum Gasteiger partial charge on any atom is -0.339 e. The van der Waals surface area contributed by atoms with Gasteiger partial charge in [-0.3, -0.25) is 19.0 Å². The van der Waals surface area contributed by atoms with E-state index >= 15 is 0 Å². The van der Waals surface area contributed by atoms with Crippen molar-refractivity contribution in [2.75, 3.05) is 18.4 Å². The summed E-state index contributed by atoms with van der Waals surface area (Å²) < 4.78 is 1.31. The fraction of sp³-hybridized carbons (Fsp3) is 0.200. The van der Waals surface area contributed by atoms with Crippen molar-refractivity contribution in [1.82, 2.24) is 14.5 Å². The van der Waals surface area contributed by atoms with Crippen LogP contribution in [-0.4, -0.2) is 39.4 Å². The number of nitrogens with zero attached hydrogens (tertiary/aromatic N) is 3. The number of rotatable bonds is 7. The summed E-state index contributed by atoms with van der Waals surface area (Å²) in [7, 11) is 0. The highest BCUT2D eigenvalue weighted by Gasteiger charge is 2.16. The van der Waals surface area contributed by atoms with Gasteiger partial charge in [-0.05, 0) is 37.6 Å². The number of carbonyl (C=O) groups is 2. The first-order valence-electron chi connectivity index (χ1n) is 10.7. The van der Waals surface area contributed by atoms with Crippen molar-refractivity contribution in [1.29, 1.82) is 0 Å². The minimum absolute atomic E-state index is 0.0899. The number of hydrogen-bond acceptors (Lipinski definition) is 5. The van der Waals surface area contributed by atoms with E-state index < -0.39 is 0 Å². The van der Waals surface area contributed by atoms with Crippen molar-refractivity contribution in [2.45, 2.75) is 20.4 Å². The lowest BCUT2D eigenvalue weighted by molar-refractivity contribution is -0.116. The van der Waals surface area contributed by atoms with Crippen LogP contribution in [0.15, 0.2) is 71.1 Å². The Balaban J connectivity index is 1.56.